The lowest BCUT2D eigenvalue weighted by molar-refractivity contribution is -0.137. The van der Waals surface area contributed by atoms with Crippen LogP contribution in [0.1, 0.15) is 34.7 Å². The first-order chi connectivity index (χ1) is 12.6. The Bertz CT molecular complexity index is 953. The summed E-state index contributed by atoms with van der Waals surface area (Å²) in [5.41, 5.74) is 2.30. The fraction of sp³-hybridized carbons (Fsp3) is 0.350. The summed E-state index contributed by atoms with van der Waals surface area (Å²) in [6, 6.07) is 8.96. The molecule has 0 amide bonds. The highest BCUT2D eigenvalue weighted by Crippen LogP contribution is 2.38. The fourth-order valence-corrected chi connectivity index (χ4v) is 4.89. The normalized spacial score (nSPS) is 14.8. The van der Waals surface area contributed by atoms with Crippen LogP contribution in [-0.2, 0) is 24.1 Å². The molecule has 6 heteroatoms. The second kappa shape index (κ2) is 7.03. The Balaban J connectivity index is 1.72. The number of thiophene rings is 1. The third kappa shape index (κ3) is 3.29. The van der Waals surface area contributed by atoms with Gasteiger partial charge in [0.1, 0.15) is 22.5 Å². The van der Waals surface area contributed by atoms with E-state index in [2.05, 4.69) is 15.3 Å². The first-order valence-corrected chi connectivity index (χ1v) is 9.75. The van der Waals surface area contributed by atoms with Crippen LogP contribution >= 0.6 is 11.3 Å². The Morgan fingerprint density at radius 1 is 1.23 bits per heavy atom. The molecule has 0 bridgehead atoms. The van der Waals surface area contributed by atoms with Crippen molar-refractivity contribution in [3.8, 4) is 0 Å². The van der Waals surface area contributed by atoms with Gasteiger partial charge in [-0.3, -0.25) is 0 Å². The predicted molar refractivity (Wildman–Crippen MR) is 104 cm³/mol. The van der Waals surface area contributed by atoms with E-state index in [1.165, 1.54) is 23.3 Å². The molecule has 2 N–H and O–H groups in total. The van der Waals surface area contributed by atoms with Crippen LogP contribution in [0.15, 0.2) is 30.3 Å². The highest BCUT2D eigenvalue weighted by Gasteiger charge is 2.24. The zero-order chi connectivity index (χ0) is 18.1. The number of aromatic nitrogens is 2. The number of rotatable bonds is 5. The van der Waals surface area contributed by atoms with Crippen LogP contribution in [0.2, 0.25) is 0 Å². The molecule has 5 nitrogen and oxygen atoms in total. The zero-order valence-corrected chi connectivity index (χ0v) is 15.5. The average Bonchev–Trinajstić information content (AvgIpc) is 3.00. The Morgan fingerprint density at radius 3 is 2.77 bits per heavy atom. The van der Waals surface area contributed by atoms with Crippen molar-refractivity contribution >= 4 is 33.3 Å². The van der Waals surface area contributed by atoms with Crippen LogP contribution in [-0.4, -0.2) is 27.1 Å². The number of fused-ring (bicyclic) bond motifs is 3. The van der Waals surface area contributed by atoms with E-state index in [0.717, 1.165) is 28.6 Å². The second-order valence-corrected chi connectivity index (χ2v) is 7.82. The molecule has 1 atom stereocenters. The van der Waals surface area contributed by atoms with Crippen molar-refractivity contribution in [3.05, 3.63) is 52.2 Å². The summed E-state index contributed by atoms with van der Waals surface area (Å²) >= 11 is 1.73. The third-order valence-electron chi connectivity index (χ3n) is 4.82. The van der Waals surface area contributed by atoms with Gasteiger partial charge in [0, 0.05) is 11.3 Å². The van der Waals surface area contributed by atoms with Crippen LogP contribution in [0.5, 0.6) is 0 Å². The van der Waals surface area contributed by atoms with E-state index in [-0.39, 0.29) is 0 Å². The number of carbonyl (C=O) groups is 1. The molecule has 1 aromatic carbocycles. The van der Waals surface area contributed by atoms with Gasteiger partial charge in [-0.15, -0.1) is 11.3 Å². The lowest BCUT2D eigenvalue weighted by atomic mass is 9.97. The number of carboxylic acids is 1. The van der Waals surface area contributed by atoms with Crippen molar-refractivity contribution < 1.29 is 9.90 Å². The molecule has 2 aromatic heterocycles. The van der Waals surface area contributed by atoms with Crippen molar-refractivity contribution in [2.75, 3.05) is 5.32 Å². The van der Waals surface area contributed by atoms with E-state index < -0.39 is 12.0 Å². The highest BCUT2D eigenvalue weighted by molar-refractivity contribution is 7.19. The number of aryl methyl sites for hydroxylation is 3. The molecule has 0 saturated carbocycles. The van der Waals surface area contributed by atoms with Gasteiger partial charge in [-0.25, -0.2) is 14.8 Å². The molecule has 3 aromatic rings. The number of hydrogen-bond acceptors (Lipinski definition) is 5. The molecule has 0 spiro atoms. The molecule has 2 heterocycles. The molecule has 1 aliphatic rings. The van der Waals surface area contributed by atoms with E-state index >= 15 is 0 Å². The minimum atomic E-state index is -0.873. The average molecular weight is 367 g/mol. The van der Waals surface area contributed by atoms with Gasteiger partial charge >= 0.3 is 5.97 Å². The van der Waals surface area contributed by atoms with E-state index in [4.69, 9.17) is 0 Å². The molecule has 0 aliphatic heterocycles. The standard InChI is InChI=1S/C20H21N3O2S/c1-12-21-18(17-14-9-5-6-10-16(14)26-19(17)22-12)23-15(20(24)25)11-13-7-3-2-4-8-13/h2-4,7-8,15H,5-6,9-11H2,1H3,(H,24,25)(H,21,22,23)/t15-/m1/s1. The van der Waals surface area contributed by atoms with Crippen LogP contribution in [0.4, 0.5) is 5.82 Å². The Labute approximate surface area is 156 Å². The largest absolute Gasteiger partial charge is 0.480 e. The van der Waals surface area contributed by atoms with Gasteiger partial charge in [-0.1, -0.05) is 30.3 Å². The summed E-state index contributed by atoms with van der Waals surface area (Å²) in [7, 11) is 0. The van der Waals surface area contributed by atoms with Crippen LogP contribution in [0.3, 0.4) is 0 Å². The maximum absolute atomic E-state index is 11.9. The zero-order valence-electron chi connectivity index (χ0n) is 14.7. The molecule has 26 heavy (non-hydrogen) atoms. The van der Waals surface area contributed by atoms with Crippen LogP contribution in [0.25, 0.3) is 10.2 Å². The lowest BCUT2D eigenvalue weighted by Gasteiger charge is -2.17. The number of nitrogens with zero attached hydrogens (tertiary/aromatic N) is 2. The summed E-state index contributed by atoms with van der Waals surface area (Å²) < 4.78 is 0. The first kappa shape index (κ1) is 17.0. The summed E-state index contributed by atoms with van der Waals surface area (Å²) in [6.45, 7) is 1.86. The van der Waals surface area contributed by atoms with Gasteiger partial charge in [0.15, 0.2) is 0 Å². The van der Waals surface area contributed by atoms with Gasteiger partial charge in [-0.05, 0) is 43.7 Å². The molecule has 1 aliphatic carbocycles. The molecule has 4 rings (SSSR count). The van der Waals surface area contributed by atoms with E-state index in [9.17, 15) is 9.90 Å². The minimum Gasteiger partial charge on any atom is -0.480 e. The molecule has 134 valence electrons. The summed E-state index contributed by atoms with van der Waals surface area (Å²) in [6.07, 6.45) is 4.89. The SMILES string of the molecule is Cc1nc(N[C@H](Cc2ccccc2)C(=O)O)c2c3c(sc2n1)CCCC3. The maximum atomic E-state index is 11.9. The van der Waals surface area contributed by atoms with E-state index in [1.54, 1.807) is 11.3 Å². The van der Waals surface area contributed by atoms with Gasteiger partial charge < -0.3 is 10.4 Å². The number of nitrogens with one attached hydrogen (secondary N) is 1. The predicted octanol–water partition coefficient (Wildman–Crippen LogP) is 3.99. The van der Waals surface area contributed by atoms with Crippen LogP contribution < -0.4 is 5.32 Å². The Hall–Kier alpha value is -2.47. The number of carboxylic acid groups (broad SMARTS) is 1. The van der Waals surface area contributed by atoms with Crippen molar-refractivity contribution in [2.45, 2.75) is 45.1 Å². The first-order valence-electron chi connectivity index (χ1n) is 8.94. The van der Waals surface area contributed by atoms with Gasteiger partial charge in [-0.2, -0.15) is 0 Å². The Morgan fingerprint density at radius 2 is 2.00 bits per heavy atom. The van der Waals surface area contributed by atoms with Gasteiger partial charge in [0.2, 0.25) is 0 Å². The molecular formula is C20H21N3O2S. The summed E-state index contributed by atoms with van der Waals surface area (Å²) in [4.78, 5) is 23.4. The number of anilines is 1. The van der Waals surface area contributed by atoms with Gasteiger partial charge in [0.25, 0.3) is 0 Å². The second-order valence-electron chi connectivity index (χ2n) is 6.74. The highest BCUT2D eigenvalue weighted by atomic mass is 32.1. The van der Waals surface area contributed by atoms with E-state index in [0.29, 0.717) is 18.1 Å². The summed E-state index contributed by atoms with van der Waals surface area (Å²) in [5.74, 6) is 0.458. The molecule has 0 saturated heterocycles. The molecular weight excluding hydrogens is 346 g/mol. The van der Waals surface area contributed by atoms with Crippen molar-refractivity contribution in [1.29, 1.82) is 0 Å². The molecule has 0 unspecified atom stereocenters. The monoisotopic (exact) mass is 367 g/mol. The van der Waals surface area contributed by atoms with Crippen molar-refractivity contribution in [2.24, 2.45) is 0 Å². The number of aliphatic carboxylic acids is 1. The third-order valence-corrected chi connectivity index (χ3v) is 6.00. The summed E-state index contributed by atoms with van der Waals surface area (Å²) in [5, 5.41) is 13.9. The van der Waals surface area contributed by atoms with Crippen molar-refractivity contribution in [1.82, 2.24) is 9.97 Å². The molecule has 0 radical (unpaired) electrons. The number of benzene rings is 1. The van der Waals surface area contributed by atoms with Crippen LogP contribution in [0, 0.1) is 6.92 Å². The van der Waals surface area contributed by atoms with Gasteiger partial charge in [0.05, 0.1) is 5.39 Å². The topological polar surface area (TPSA) is 75.1 Å². The lowest BCUT2D eigenvalue weighted by Crippen LogP contribution is -2.32. The number of hydrogen-bond donors (Lipinski definition) is 2. The van der Waals surface area contributed by atoms with E-state index in [1.807, 2.05) is 37.3 Å². The molecule has 0 fully saturated rings. The smallest absolute Gasteiger partial charge is 0.326 e. The maximum Gasteiger partial charge on any atom is 0.326 e. The fourth-order valence-electron chi connectivity index (χ4n) is 3.58. The minimum absolute atomic E-state index is 0.410. The Kier molecular flexibility index (Phi) is 4.59. The quantitative estimate of drug-likeness (QED) is 0.713. The van der Waals surface area contributed by atoms with Crippen molar-refractivity contribution in [3.63, 3.8) is 0 Å².